The average Bonchev–Trinajstić information content (AvgIpc) is 2.11. The third-order valence-corrected chi connectivity index (χ3v) is 2.78. The summed E-state index contributed by atoms with van der Waals surface area (Å²) in [5, 5.41) is 3.94. The van der Waals surface area contributed by atoms with E-state index in [1.165, 1.54) is 0 Å². The molecule has 0 fully saturated rings. The first-order valence-electron chi connectivity index (χ1n) is 5.98. The zero-order valence-corrected chi connectivity index (χ0v) is 12.3. The first-order valence-corrected chi connectivity index (χ1v) is 6.36. The third-order valence-electron chi connectivity index (χ3n) is 2.49. The van der Waals surface area contributed by atoms with E-state index in [4.69, 9.17) is 11.6 Å². The number of nitrogens with one attached hydrogen (secondary N) is 1. The highest BCUT2D eigenvalue weighted by molar-refractivity contribution is 6.30. The van der Waals surface area contributed by atoms with E-state index >= 15 is 0 Å². The molecule has 17 heavy (non-hydrogen) atoms. The second-order valence-corrected chi connectivity index (χ2v) is 6.05. The smallest absolute Gasteiger partial charge is 0.144 e. The van der Waals surface area contributed by atoms with Crippen LogP contribution in [0.2, 0.25) is 5.15 Å². The molecule has 1 rings (SSSR count). The third kappa shape index (κ3) is 4.25. The standard InChI is InChI=1S/C13H22ClN3/c1-8(2)11-9(3)16-10(17-12(11)14)7-15-13(4,5)6/h8,15H,7H2,1-6H3. The summed E-state index contributed by atoms with van der Waals surface area (Å²) in [5.74, 6) is 1.11. The highest BCUT2D eigenvalue weighted by atomic mass is 35.5. The van der Waals surface area contributed by atoms with Crippen LogP contribution in [0.25, 0.3) is 0 Å². The van der Waals surface area contributed by atoms with Gasteiger partial charge in [0.2, 0.25) is 0 Å². The van der Waals surface area contributed by atoms with Crippen molar-refractivity contribution in [3.8, 4) is 0 Å². The van der Waals surface area contributed by atoms with Crippen molar-refractivity contribution in [1.29, 1.82) is 0 Å². The molecule has 0 aliphatic rings. The van der Waals surface area contributed by atoms with Crippen molar-refractivity contribution in [3.63, 3.8) is 0 Å². The van der Waals surface area contributed by atoms with Crippen LogP contribution in [-0.2, 0) is 6.54 Å². The van der Waals surface area contributed by atoms with Gasteiger partial charge < -0.3 is 5.32 Å². The van der Waals surface area contributed by atoms with Gasteiger partial charge in [-0.1, -0.05) is 25.4 Å². The van der Waals surface area contributed by atoms with E-state index in [9.17, 15) is 0 Å². The molecule has 0 radical (unpaired) electrons. The molecule has 0 saturated carbocycles. The molecule has 0 aliphatic carbocycles. The van der Waals surface area contributed by atoms with Crippen molar-refractivity contribution in [2.45, 2.75) is 59.5 Å². The normalized spacial score (nSPS) is 12.2. The minimum atomic E-state index is 0.0560. The van der Waals surface area contributed by atoms with Gasteiger partial charge in [-0.25, -0.2) is 9.97 Å². The molecule has 0 aromatic carbocycles. The summed E-state index contributed by atoms with van der Waals surface area (Å²) < 4.78 is 0. The first-order chi connectivity index (χ1) is 7.70. The van der Waals surface area contributed by atoms with Crippen molar-refractivity contribution in [2.24, 2.45) is 0 Å². The summed E-state index contributed by atoms with van der Waals surface area (Å²) in [6.45, 7) is 13.2. The van der Waals surface area contributed by atoms with E-state index in [-0.39, 0.29) is 5.54 Å². The molecular formula is C13H22ClN3. The van der Waals surface area contributed by atoms with Crippen molar-refractivity contribution >= 4 is 11.6 Å². The van der Waals surface area contributed by atoms with Gasteiger partial charge in [-0.15, -0.1) is 0 Å². The SMILES string of the molecule is Cc1nc(CNC(C)(C)C)nc(Cl)c1C(C)C. The van der Waals surface area contributed by atoms with Crippen LogP contribution in [-0.4, -0.2) is 15.5 Å². The van der Waals surface area contributed by atoms with Gasteiger partial charge in [0.15, 0.2) is 0 Å². The maximum Gasteiger partial charge on any atom is 0.144 e. The maximum absolute atomic E-state index is 6.20. The minimum absolute atomic E-state index is 0.0560. The molecular weight excluding hydrogens is 234 g/mol. The van der Waals surface area contributed by atoms with E-state index in [1.807, 2.05) is 6.92 Å². The van der Waals surface area contributed by atoms with Crippen LogP contribution in [0.4, 0.5) is 0 Å². The molecule has 96 valence electrons. The van der Waals surface area contributed by atoms with Crippen LogP contribution < -0.4 is 5.32 Å². The zero-order valence-electron chi connectivity index (χ0n) is 11.6. The Bertz CT molecular complexity index is 371. The Balaban J connectivity index is 2.91. The van der Waals surface area contributed by atoms with Crippen LogP contribution in [0, 0.1) is 6.92 Å². The Morgan fingerprint density at radius 2 is 1.82 bits per heavy atom. The molecule has 1 aromatic heterocycles. The quantitative estimate of drug-likeness (QED) is 0.841. The van der Waals surface area contributed by atoms with E-state index in [0.717, 1.165) is 17.1 Å². The molecule has 0 amide bonds. The number of nitrogens with zero attached hydrogens (tertiary/aromatic N) is 2. The predicted octanol–water partition coefficient (Wildman–Crippen LogP) is 3.45. The number of rotatable bonds is 3. The lowest BCUT2D eigenvalue weighted by Crippen LogP contribution is -2.35. The van der Waals surface area contributed by atoms with Crippen molar-refractivity contribution in [1.82, 2.24) is 15.3 Å². The van der Waals surface area contributed by atoms with Crippen LogP contribution in [0.1, 0.15) is 57.6 Å². The van der Waals surface area contributed by atoms with E-state index in [2.05, 4.69) is 49.9 Å². The van der Waals surface area contributed by atoms with Crippen LogP contribution >= 0.6 is 11.6 Å². The molecule has 0 spiro atoms. The first kappa shape index (κ1) is 14.4. The lowest BCUT2D eigenvalue weighted by atomic mass is 10.0. The minimum Gasteiger partial charge on any atom is -0.305 e. The van der Waals surface area contributed by atoms with E-state index in [0.29, 0.717) is 17.6 Å². The number of halogens is 1. The number of hydrogen-bond acceptors (Lipinski definition) is 3. The van der Waals surface area contributed by atoms with Gasteiger partial charge in [0, 0.05) is 16.8 Å². The Labute approximate surface area is 109 Å². The highest BCUT2D eigenvalue weighted by Gasteiger charge is 2.14. The molecule has 0 bridgehead atoms. The topological polar surface area (TPSA) is 37.8 Å². The molecule has 1 heterocycles. The fourth-order valence-corrected chi connectivity index (χ4v) is 2.13. The van der Waals surface area contributed by atoms with Crippen molar-refractivity contribution in [2.75, 3.05) is 0 Å². The summed E-state index contributed by atoms with van der Waals surface area (Å²) in [6.07, 6.45) is 0. The van der Waals surface area contributed by atoms with E-state index in [1.54, 1.807) is 0 Å². The average molecular weight is 256 g/mol. The summed E-state index contributed by atoms with van der Waals surface area (Å²) in [6, 6.07) is 0. The molecule has 0 aliphatic heterocycles. The molecule has 3 nitrogen and oxygen atoms in total. The number of hydrogen-bond donors (Lipinski definition) is 1. The molecule has 4 heteroatoms. The van der Waals surface area contributed by atoms with Crippen molar-refractivity contribution < 1.29 is 0 Å². The van der Waals surface area contributed by atoms with Gasteiger partial charge in [0.1, 0.15) is 11.0 Å². The Morgan fingerprint density at radius 1 is 1.24 bits per heavy atom. The zero-order chi connectivity index (χ0) is 13.2. The Kier molecular flexibility index (Phi) is 4.50. The number of aromatic nitrogens is 2. The summed E-state index contributed by atoms with van der Waals surface area (Å²) >= 11 is 6.20. The Hall–Kier alpha value is -0.670. The van der Waals surface area contributed by atoms with Crippen LogP contribution in [0.3, 0.4) is 0 Å². The van der Waals surface area contributed by atoms with Gasteiger partial charge in [-0.2, -0.15) is 0 Å². The largest absolute Gasteiger partial charge is 0.305 e. The summed E-state index contributed by atoms with van der Waals surface area (Å²) in [7, 11) is 0. The summed E-state index contributed by atoms with van der Waals surface area (Å²) in [4.78, 5) is 8.85. The van der Waals surface area contributed by atoms with Gasteiger partial charge >= 0.3 is 0 Å². The Morgan fingerprint density at radius 3 is 2.24 bits per heavy atom. The summed E-state index contributed by atoms with van der Waals surface area (Å²) in [5.41, 5.74) is 2.08. The fraction of sp³-hybridized carbons (Fsp3) is 0.692. The van der Waals surface area contributed by atoms with Gasteiger partial charge in [-0.3, -0.25) is 0 Å². The van der Waals surface area contributed by atoms with Gasteiger partial charge in [0.05, 0.1) is 6.54 Å². The molecule has 1 aromatic rings. The van der Waals surface area contributed by atoms with Gasteiger partial charge in [0.25, 0.3) is 0 Å². The molecule has 0 unspecified atom stereocenters. The van der Waals surface area contributed by atoms with Crippen molar-refractivity contribution in [3.05, 3.63) is 22.2 Å². The van der Waals surface area contributed by atoms with Crippen LogP contribution in [0.15, 0.2) is 0 Å². The second kappa shape index (κ2) is 5.32. The fourth-order valence-electron chi connectivity index (χ4n) is 1.68. The van der Waals surface area contributed by atoms with Gasteiger partial charge in [-0.05, 0) is 33.6 Å². The monoisotopic (exact) mass is 255 g/mol. The molecule has 1 N–H and O–H groups in total. The van der Waals surface area contributed by atoms with Crippen LogP contribution in [0.5, 0.6) is 0 Å². The number of aryl methyl sites for hydroxylation is 1. The maximum atomic E-state index is 6.20. The molecule has 0 saturated heterocycles. The lowest BCUT2D eigenvalue weighted by Gasteiger charge is -2.20. The second-order valence-electron chi connectivity index (χ2n) is 5.69. The van der Waals surface area contributed by atoms with E-state index < -0.39 is 0 Å². The molecule has 0 atom stereocenters. The predicted molar refractivity (Wildman–Crippen MR) is 72.5 cm³/mol. The highest BCUT2D eigenvalue weighted by Crippen LogP contribution is 2.24. The lowest BCUT2D eigenvalue weighted by molar-refractivity contribution is 0.417.